The molecule has 1 saturated heterocycles. The number of esters is 1. The van der Waals surface area contributed by atoms with Crippen LogP contribution in [0.25, 0.3) is 0 Å². The highest BCUT2D eigenvalue weighted by atomic mass is 19.1. The van der Waals surface area contributed by atoms with Gasteiger partial charge in [-0.2, -0.15) is 0 Å². The van der Waals surface area contributed by atoms with E-state index in [1.807, 2.05) is 32.0 Å². The highest BCUT2D eigenvalue weighted by Gasteiger charge is 2.32. The van der Waals surface area contributed by atoms with E-state index in [4.69, 9.17) is 9.47 Å². The molecule has 2 aliphatic heterocycles. The van der Waals surface area contributed by atoms with Gasteiger partial charge in [-0.15, -0.1) is 0 Å². The molecule has 0 aromatic heterocycles. The minimum atomic E-state index is -0.177. The summed E-state index contributed by atoms with van der Waals surface area (Å²) in [4.78, 5) is 12.5. The summed E-state index contributed by atoms with van der Waals surface area (Å²) in [6, 6.07) is 6.03. The molecule has 0 radical (unpaired) electrons. The Labute approximate surface area is 138 Å². The van der Waals surface area contributed by atoms with Crippen LogP contribution in [0.2, 0.25) is 0 Å². The van der Waals surface area contributed by atoms with E-state index in [2.05, 4.69) is 6.92 Å². The Kier molecular flexibility index (Phi) is 6.17. The van der Waals surface area contributed by atoms with Gasteiger partial charge in [0.05, 0.1) is 24.9 Å². The summed E-state index contributed by atoms with van der Waals surface area (Å²) in [7, 11) is 0.500. The molecule has 23 heavy (non-hydrogen) atoms. The first-order valence-corrected chi connectivity index (χ1v) is 8.35. The van der Waals surface area contributed by atoms with Crippen LogP contribution in [0.4, 0.5) is 4.39 Å². The number of carbonyl (C=O) groups is 1. The monoisotopic (exact) mass is 322 g/mol. The maximum atomic E-state index is 12.5. The first-order valence-electron chi connectivity index (χ1n) is 8.35. The Bertz CT molecular complexity index is 543. The van der Waals surface area contributed by atoms with E-state index in [0.29, 0.717) is 13.1 Å². The van der Waals surface area contributed by atoms with E-state index in [0.717, 1.165) is 42.4 Å². The average molecular weight is 322 g/mol. The predicted molar refractivity (Wildman–Crippen MR) is 88.5 cm³/mol. The Hall–Kier alpha value is -1.42. The molecule has 128 valence electrons. The smallest absolute Gasteiger partial charge is 0.338 e. The van der Waals surface area contributed by atoms with Gasteiger partial charge in [0, 0.05) is 6.42 Å². The Morgan fingerprint density at radius 1 is 1.09 bits per heavy atom. The molecule has 3 rings (SSSR count). The van der Waals surface area contributed by atoms with E-state index in [9.17, 15) is 9.18 Å². The van der Waals surface area contributed by atoms with Crippen LogP contribution in [0.15, 0.2) is 18.2 Å². The minimum Gasteiger partial charge on any atom is -0.459 e. The molecule has 1 aromatic rings. The fourth-order valence-corrected chi connectivity index (χ4v) is 3.76. The number of hydrogen-bond acceptors (Lipinski definition) is 3. The van der Waals surface area contributed by atoms with Gasteiger partial charge in [0.25, 0.3) is 0 Å². The lowest BCUT2D eigenvalue weighted by Crippen LogP contribution is -2.37. The van der Waals surface area contributed by atoms with Gasteiger partial charge in [-0.3, -0.25) is 4.39 Å². The van der Waals surface area contributed by atoms with Crippen molar-refractivity contribution in [1.29, 1.82) is 0 Å². The molecule has 1 aromatic carbocycles. The van der Waals surface area contributed by atoms with Gasteiger partial charge >= 0.3 is 5.97 Å². The van der Waals surface area contributed by atoms with Crippen LogP contribution in [0, 0.1) is 12.8 Å². The highest BCUT2D eigenvalue weighted by Crippen LogP contribution is 2.32. The summed E-state index contributed by atoms with van der Waals surface area (Å²) in [6.45, 7) is 6.24. The van der Waals surface area contributed by atoms with Crippen LogP contribution in [-0.4, -0.2) is 31.5 Å². The number of fused-ring (bicyclic) bond motifs is 3. The molecule has 3 nitrogen and oxygen atoms in total. The number of ether oxygens (including phenoxy) is 2. The van der Waals surface area contributed by atoms with Crippen molar-refractivity contribution >= 4 is 5.97 Å². The van der Waals surface area contributed by atoms with E-state index in [1.165, 1.54) is 0 Å². The number of cyclic esters (lactones) is 1. The highest BCUT2D eigenvalue weighted by molar-refractivity contribution is 5.92. The van der Waals surface area contributed by atoms with Gasteiger partial charge in [0.1, 0.15) is 6.10 Å². The normalized spacial score (nSPS) is 30.4. The largest absolute Gasteiger partial charge is 0.459 e. The Morgan fingerprint density at radius 3 is 2.52 bits per heavy atom. The summed E-state index contributed by atoms with van der Waals surface area (Å²) in [5.41, 5.74) is 2.79. The maximum Gasteiger partial charge on any atom is 0.338 e. The summed E-state index contributed by atoms with van der Waals surface area (Å²) in [5.74, 6) is 0.493. The SMILES string of the molecule is CF.Cc1cccc2c1C(=O)OC(C)CC1CC(C)CC(C2)O1. The number of rotatable bonds is 0. The number of halogens is 1. The summed E-state index contributed by atoms with van der Waals surface area (Å²) in [6.07, 6.45) is 4.09. The van der Waals surface area contributed by atoms with Crippen molar-refractivity contribution in [2.24, 2.45) is 5.92 Å². The predicted octanol–water partition coefficient (Wildman–Crippen LogP) is 4.26. The summed E-state index contributed by atoms with van der Waals surface area (Å²) in [5, 5.41) is 0. The van der Waals surface area contributed by atoms with Crippen LogP contribution < -0.4 is 0 Å². The van der Waals surface area contributed by atoms with Gasteiger partial charge < -0.3 is 9.47 Å². The molecule has 0 aliphatic carbocycles. The van der Waals surface area contributed by atoms with E-state index in [1.54, 1.807) is 0 Å². The first kappa shape index (κ1) is 17.9. The molecule has 2 bridgehead atoms. The fraction of sp³-hybridized carbons (Fsp3) is 0.632. The molecule has 4 unspecified atom stereocenters. The number of benzene rings is 1. The van der Waals surface area contributed by atoms with Crippen molar-refractivity contribution in [1.82, 2.24) is 0 Å². The van der Waals surface area contributed by atoms with Gasteiger partial charge in [0.2, 0.25) is 0 Å². The second-order valence-corrected chi connectivity index (χ2v) is 6.72. The lowest BCUT2D eigenvalue weighted by molar-refractivity contribution is -0.0855. The van der Waals surface area contributed by atoms with Gasteiger partial charge in [0.15, 0.2) is 0 Å². The lowest BCUT2D eigenvalue weighted by atomic mass is 9.87. The molecule has 4 atom stereocenters. The van der Waals surface area contributed by atoms with Crippen LogP contribution in [-0.2, 0) is 15.9 Å². The van der Waals surface area contributed by atoms with Crippen molar-refractivity contribution in [2.75, 3.05) is 7.18 Å². The molecule has 0 N–H and O–H groups in total. The second kappa shape index (κ2) is 7.91. The van der Waals surface area contributed by atoms with Crippen molar-refractivity contribution < 1.29 is 18.7 Å². The molecule has 0 amide bonds. The van der Waals surface area contributed by atoms with Crippen molar-refractivity contribution in [3.63, 3.8) is 0 Å². The molecule has 2 heterocycles. The quantitative estimate of drug-likeness (QED) is 0.670. The van der Waals surface area contributed by atoms with Gasteiger partial charge in [-0.05, 0) is 50.2 Å². The third-order valence-electron chi connectivity index (χ3n) is 4.63. The Balaban J connectivity index is 0.000000924. The van der Waals surface area contributed by atoms with Crippen molar-refractivity contribution in [3.05, 3.63) is 34.9 Å². The molecule has 1 fully saturated rings. The average Bonchev–Trinajstić information content (AvgIpc) is 2.47. The second-order valence-electron chi connectivity index (χ2n) is 6.72. The van der Waals surface area contributed by atoms with Gasteiger partial charge in [-0.1, -0.05) is 25.1 Å². The molecule has 4 heteroatoms. The van der Waals surface area contributed by atoms with Gasteiger partial charge in [-0.25, -0.2) is 4.79 Å². The topological polar surface area (TPSA) is 35.5 Å². The third kappa shape index (κ3) is 4.31. The van der Waals surface area contributed by atoms with Crippen LogP contribution >= 0.6 is 0 Å². The van der Waals surface area contributed by atoms with Crippen molar-refractivity contribution in [3.8, 4) is 0 Å². The van der Waals surface area contributed by atoms with E-state index >= 15 is 0 Å². The van der Waals surface area contributed by atoms with Crippen LogP contribution in [0.5, 0.6) is 0 Å². The van der Waals surface area contributed by atoms with Crippen molar-refractivity contribution in [2.45, 2.75) is 64.8 Å². The van der Waals surface area contributed by atoms with E-state index < -0.39 is 0 Å². The third-order valence-corrected chi connectivity index (χ3v) is 4.63. The lowest BCUT2D eigenvalue weighted by Gasteiger charge is -2.36. The zero-order chi connectivity index (χ0) is 17.0. The zero-order valence-electron chi connectivity index (χ0n) is 14.5. The zero-order valence-corrected chi connectivity index (χ0v) is 14.5. The minimum absolute atomic E-state index is 0.0981. The standard InChI is InChI=1S/C18H24O3.CH3F/c1-11-7-15-9-13(3)20-18(19)17-12(2)5-4-6-14(17)10-16(8-11)21-15;1-2/h4-6,11,13,15-16H,7-10H2,1-3H3;1H3. The summed E-state index contributed by atoms with van der Waals surface area (Å²) >= 11 is 0. The molecular formula is C19H27FO3. The summed E-state index contributed by atoms with van der Waals surface area (Å²) < 4.78 is 21.4. The number of hydrogen-bond donors (Lipinski definition) is 0. The molecule has 0 spiro atoms. The van der Waals surface area contributed by atoms with Crippen LogP contribution in [0.3, 0.4) is 0 Å². The fourth-order valence-electron chi connectivity index (χ4n) is 3.76. The number of alkyl halides is 1. The maximum absolute atomic E-state index is 12.5. The molecule has 0 saturated carbocycles. The van der Waals surface area contributed by atoms with E-state index in [-0.39, 0.29) is 24.3 Å². The number of aryl methyl sites for hydroxylation is 1. The van der Waals surface area contributed by atoms with Crippen LogP contribution in [0.1, 0.15) is 54.6 Å². The number of carbonyl (C=O) groups excluding carboxylic acids is 1. The molecular weight excluding hydrogens is 295 g/mol. The molecule has 2 aliphatic rings. The first-order chi connectivity index (χ1) is 11.0. The Morgan fingerprint density at radius 2 is 1.78 bits per heavy atom.